The van der Waals surface area contributed by atoms with Crippen LogP contribution in [0.2, 0.25) is 19.6 Å². The lowest BCUT2D eigenvalue weighted by Gasteiger charge is -2.31. The van der Waals surface area contributed by atoms with Gasteiger partial charge in [0.25, 0.3) is 11.5 Å². The zero-order valence-corrected chi connectivity index (χ0v) is 17.8. The molecular formula is C20H26N4O3Si. The molecule has 0 aromatic carbocycles. The second kappa shape index (κ2) is 7.77. The van der Waals surface area contributed by atoms with Crippen LogP contribution in [0.5, 0.6) is 0 Å². The Morgan fingerprint density at radius 2 is 2.00 bits per heavy atom. The van der Waals surface area contributed by atoms with Crippen LogP contribution in [0.15, 0.2) is 29.5 Å². The molecule has 3 heterocycles. The van der Waals surface area contributed by atoms with Gasteiger partial charge in [-0.1, -0.05) is 19.6 Å². The van der Waals surface area contributed by atoms with Crippen molar-refractivity contribution in [2.45, 2.75) is 45.6 Å². The van der Waals surface area contributed by atoms with E-state index >= 15 is 0 Å². The molecular weight excluding hydrogens is 372 g/mol. The van der Waals surface area contributed by atoms with E-state index in [4.69, 9.17) is 0 Å². The standard InChI is InChI=1S/C20H26N4O3Si/c1-15-12-23(14-21-15)17-7-8-18-19(26)22(9-10-24(18)20(17)27)13-16(25)6-5-11-28(2,3)4/h7-8,12,14,16,25H,6,9-10,13H2,1-4H3/t16-/m0/s1. The SMILES string of the molecule is Cc1cn(-c2ccc3n(c2=O)CCN(C[C@@H](O)CC#C[Si](C)(C)C)C3=O)cn1. The van der Waals surface area contributed by atoms with Gasteiger partial charge in [0.15, 0.2) is 0 Å². The van der Waals surface area contributed by atoms with Gasteiger partial charge in [0.05, 0.1) is 18.1 Å². The van der Waals surface area contributed by atoms with Gasteiger partial charge >= 0.3 is 0 Å². The van der Waals surface area contributed by atoms with Crippen molar-refractivity contribution in [3.63, 3.8) is 0 Å². The Labute approximate surface area is 165 Å². The van der Waals surface area contributed by atoms with Gasteiger partial charge in [-0.3, -0.25) is 9.59 Å². The van der Waals surface area contributed by atoms with Crippen LogP contribution < -0.4 is 5.56 Å². The molecule has 0 fully saturated rings. The van der Waals surface area contributed by atoms with E-state index in [2.05, 4.69) is 36.1 Å². The molecule has 0 saturated carbocycles. The van der Waals surface area contributed by atoms with Crippen LogP contribution in [0.3, 0.4) is 0 Å². The fraction of sp³-hybridized carbons (Fsp3) is 0.450. The van der Waals surface area contributed by atoms with E-state index in [1.807, 2.05) is 6.92 Å². The number of imidazole rings is 1. The number of carbonyl (C=O) groups is 1. The van der Waals surface area contributed by atoms with Gasteiger partial charge in [0.2, 0.25) is 0 Å². The molecule has 0 spiro atoms. The topological polar surface area (TPSA) is 80.4 Å². The summed E-state index contributed by atoms with van der Waals surface area (Å²) in [4.78, 5) is 31.4. The summed E-state index contributed by atoms with van der Waals surface area (Å²) < 4.78 is 3.17. The zero-order valence-electron chi connectivity index (χ0n) is 16.8. The molecule has 1 aliphatic heterocycles. The molecule has 0 unspecified atom stereocenters. The molecule has 0 bridgehead atoms. The first-order valence-electron chi connectivity index (χ1n) is 9.38. The van der Waals surface area contributed by atoms with Gasteiger partial charge in [-0.15, -0.1) is 11.5 Å². The molecule has 2 aromatic heterocycles. The first-order chi connectivity index (χ1) is 13.2. The van der Waals surface area contributed by atoms with Crippen molar-refractivity contribution in [2.24, 2.45) is 0 Å². The summed E-state index contributed by atoms with van der Waals surface area (Å²) in [6, 6.07) is 3.31. The number of nitrogens with zero attached hydrogens (tertiary/aromatic N) is 4. The summed E-state index contributed by atoms with van der Waals surface area (Å²) >= 11 is 0. The maximum absolute atomic E-state index is 12.8. The maximum Gasteiger partial charge on any atom is 0.275 e. The Balaban J connectivity index is 1.75. The second-order valence-corrected chi connectivity index (χ2v) is 12.9. The predicted molar refractivity (Wildman–Crippen MR) is 110 cm³/mol. The molecule has 1 aliphatic rings. The summed E-state index contributed by atoms with van der Waals surface area (Å²) in [5.74, 6) is 2.80. The lowest BCUT2D eigenvalue weighted by Crippen LogP contribution is -2.47. The van der Waals surface area contributed by atoms with Crippen LogP contribution >= 0.6 is 0 Å². The Bertz CT molecular complexity index is 1010. The minimum Gasteiger partial charge on any atom is -0.390 e. The minimum absolute atomic E-state index is 0.218. The van der Waals surface area contributed by atoms with Crippen LogP contribution in [0.25, 0.3) is 5.69 Å². The fourth-order valence-corrected chi connectivity index (χ4v) is 3.77. The maximum atomic E-state index is 12.8. The van der Waals surface area contributed by atoms with Gasteiger partial charge in [0, 0.05) is 32.3 Å². The molecule has 7 nitrogen and oxygen atoms in total. The lowest BCUT2D eigenvalue weighted by atomic mass is 10.2. The number of hydrogen-bond donors (Lipinski definition) is 1. The molecule has 1 amide bonds. The van der Waals surface area contributed by atoms with Crippen molar-refractivity contribution >= 4 is 14.0 Å². The normalized spacial score (nSPS) is 15.0. The molecule has 2 aromatic rings. The van der Waals surface area contributed by atoms with Gasteiger partial charge in [-0.2, -0.15) is 0 Å². The summed E-state index contributed by atoms with van der Waals surface area (Å²) in [6.07, 6.45) is 3.02. The predicted octanol–water partition coefficient (Wildman–Crippen LogP) is 1.43. The smallest absolute Gasteiger partial charge is 0.275 e. The van der Waals surface area contributed by atoms with Crippen molar-refractivity contribution in [1.82, 2.24) is 19.0 Å². The molecule has 1 N–H and O–H groups in total. The van der Waals surface area contributed by atoms with E-state index in [-0.39, 0.29) is 18.0 Å². The number of β-amino-alcohol motifs (C(OH)–C–C–N with tert-alkyl or cyclic N) is 1. The quantitative estimate of drug-likeness (QED) is 0.624. The number of aryl methyl sites for hydroxylation is 1. The van der Waals surface area contributed by atoms with Crippen molar-refractivity contribution < 1.29 is 9.90 Å². The highest BCUT2D eigenvalue weighted by molar-refractivity contribution is 6.83. The van der Waals surface area contributed by atoms with E-state index in [0.29, 0.717) is 30.9 Å². The third kappa shape index (κ3) is 4.43. The average Bonchev–Trinajstić information content (AvgIpc) is 3.03. The van der Waals surface area contributed by atoms with Gasteiger partial charge < -0.3 is 19.1 Å². The molecule has 0 saturated heterocycles. The first kappa shape index (κ1) is 20.1. The van der Waals surface area contributed by atoms with Crippen LogP contribution in [0.1, 0.15) is 22.6 Å². The zero-order chi connectivity index (χ0) is 20.5. The van der Waals surface area contributed by atoms with E-state index in [0.717, 1.165) is 5.69 Å². The van der Waals surface area contributed by atoms with Crippen LogP contribution in [-0.2, 0) is 6.54 Å². The van der Waals surface area contributed by atoms with Gasteiger partial charge in [-0.25, -0.2) is 4.98 Å². The highest BCUT2D eigenvalue weighted by atomic mass is 28.3. The van der Waals surface area contributed by atoms with Crippen molar-refractivity contribution in [2.75, 3.05) is 13.1 Å². The van der Waals surface area contributed by atoms with Crippen LogP contribution in [0.4, 0.5) is 0 Å². The molecule has 8 heteroatoms. The van der Waals surface area contributed by atoms with Crippen molar-refractivity contribution in [3.8, 4) is 17.2 Å². The molecule has 0 aliphatic carbocycles. The third-order valence-corrected chi connectivity index (χ3v) is 5.40. The average molecular weight is 399 g/mol. The van der Waals surface area contributed by atoms with Crippen molar-refractivity contribution in [3.05, 3.63) is 46.4 Å². The lowest BCUT2D eigenvalue weighted by molar-refractivity contribution is 0.0569. The largest absolute Gasteiger partial charge is 0.390 e. The number of fused-ring (bicyclic) bond motifs is 1. The second-order valence-electron chi connectivity index (χ2n) is 8.14. The van der Waals surface area contributed by atoms with Crippen LogP contribution in [-0.4, -0.2) is 57.3 Å². The number of hydrogen-bond acceptors (Lipinski definition) is 4. The third-order valence-electron chi connectivity index (χ3n) is 4.48. The minimum atomic E-state index is -1.47. The highest BCUT2D eigenvalue weighted by Crippen LogP contribution is 2.14. The number of rotatable bonds is 4. The molecule has 3 rings (SSSR count). The number of aromatic nitrogens is 3. The number of amides is 1. The molecule has 0 radical (unpaired) electrons. The van der Waals surface area contributed by atoms with E-state index in [1.54, 1.807) is 34.1 Å². The van der Waals surface area contributed by atoms with Crippen LogP contribution in [0, 0.1) is 18.4 Å². The Morgan fingerprint density at radius 1 is 1.25 bits per heavy atom. The van der Waals surface area contributed by atoms with E-state index in [1.165, 1.54) is 4.57 Å². The monoisotopic (exact) mass is 398 g/mol. The first-order valence-corrected chi connectivity index (χ1v) is 12.9. The number of carbonyl (C=O) groups excluding carboxylic acids is 1. The summed E-state index contributed by atoms with van der Waals surface area (Å²) in [6.45, 7) is 9.30. The fourth-order valence-electron chi connectivity index (χ4n) is 3.14. The Morgan fingerprint density at radius 3 is 2.64 bits per heavy atom. The summed E-state index contributed by atoms with van der Waals surface area (Å²) in [5.41, 5.74) is 4.63. The summed E-state index contributed by atoms with van der Waals surface area (Å²) in [7, 11) is -1.47. The van der Waals surface area contributed by atoms with Gasteiger partial charge in [0.1, 0.15) is 19.5 Å². The number of aliphatic hydroxyl groups is 1. The molecule has 148 valence electrons. The van der Waals surface area contributed by atoms with E-state index < -0.39 is 14.2 Å². The number of aliphatic hydroxyl groups excluding tert-OH is 1. The highest BCUT2D eigenvalue weighted by Gasteiger charge is 2.27. The molecule has 28 heavy (non-hydrogen) atoms. The number of pyridine rings is 1. The summed E-state index contributed by atoms with van der Waals surface area (Å²) in [5, 5.41) is 10.3. The van der Waals surface area contributed by atoms with Gasteiger partial charge in [-0.05, 0) is 19.1 Å². The van der Waals surface area contributed by atoms with Crippen molar-refractivity contribution in [1.29, 1.82) is 0 Å². The Kier molecular flexibility index (Phi) is 5.58. The van der Waals surface area contributed by atoms with E-state index in [9.17, 15) is 14.7 Å². The Hall–Kier alpha value is -2.63. The molecule has 1 atom stereocenters.